The van der Waals surface area contributed by atoms with Gasteiger partial charge in [-0.1, -0.05) is 56.1 Å². The minimum Gasteiger partial charge on any atom is -0.354 e. The predicted molar refractivity (Wildman–Crippen MR) is 97.8 cm³/mol. The van der Waals surface area contributed by atoms with Crippen LogP contribution >= 0.6 is 23.2 Å². The van der Waals surface area contributed by atoms with Crippen molar-refractivity contribution < 1.29 is 4.79 Å². The molecule has 0 spiro atoms. The molecule has 0 aliphatic carbocycles. The Balaban J connectivity index is 2.25. The van der Waals surface area contributed by atoms with Crippen LogP contribution in [0.3, 0.4) is 0 Å². The second-order valence-electron chi connectivity index (χ2n) is 6.67. The van der Waals surface area contributed by atoms with E-state index in [-0.39, 0.29) is 5.41 Å². The number of rotatable bonds is 2. The lowest BCUT2D eigenvalue weighted by atomic mass is 9.86. The minimum absolute atomic E-state index is 0.0232. The van der Waals surface area contributed by atoms with E-state index in [0.717, 1.165) is 28.4 Å². The highest BCUT2D eigenvalue weighted by Gasteiger charge is 2.18. The van der Waals surface area contributed by atoms with Gasteiger partial charge in [0.2, 0.25) is 0 Å². The Labute approximate surface area is 145 Å². The molecule has 3 rings (SSSR count). The Bertz CT molecular complexity index is 904. The van der Waals surface area contributed by atoms with Gasteiger partial charge in [-0.05, 0) is 35.2 Å². The van der Waals surface area contributed by atoms with Gasteiger partial charge in [-0.2, -0.15) is 0 Å². The van der Waals surface area contributed by atoms with Crippen LogP contribution in [0, 0.1) is 0 Å². The lowest BCUT2D eigenvalue weighted by Gasteiger charge is -2.18. The fourth-order valence-corrected chi connectivity index (χ4v) is 2.98. The third kappa shape index (κ3) is 2.89. The van der Waals surface area contributed by atoms with Crippen molar-refractivity contribution >= 4 is 40.4 Å². The summed E-state index contributed by atoms with van der Waals surface area (Å²) in [5, 5.41) is 1.89. The Hall–Kier alpha value is -1.77. The number of aromatic amines is 1. The smallest absolute Gasteiger partial charge is 0.152 e. The minimum atomic E-state index is 0.0232. The van der Waals surface area contributed by atoms with Crippen LogP contribution in [0.4, 0.5) is 0 Å². The molecule has 2 nitrogen and oxygen atoms in total. The topological polar surface area (TPSA) is 32.9 Å². The van der Waals surface area contributed by atoms with Crippen molar-refractivity contribution in [2.24, 2.45) is 0 Å². The highest BCUT2D eigenvalue weighted by atomic mass is 35.5. The van der Waals surface area contributed by atoms with E-state index in [1.807, 2.05) is 12.1 Å². The van der Waals surface area contributed by atoms with Crippen LogP contribution in [-0.2, 0) is 5.41 Å². The monoisotopic (exact) mass is 345 g/mol. The number of carbonyl (C=O) groups is 1. The maximum absolute atomic E-state index is 11.7. The number of nitrogens with one attached hydrogen (secondary N) is 1. The predicted octanol–water partition coefficient (Wildman–Crippen LogP) is 6.25. The first-order valence-corrected chi connectivity index (χ1v) is 8.13. The normalized spacial score (nSPS) is 11.9. The van der Waals surface area contributed by atoms with Crippen molar-refractivity contribution in [2.75, 3.05) is 0 Å². The van der Waals surface area contributed by atoms with E-state index in [1.54, 1.807) is 12.1 Å². The zero-order valence-electron chi connectivity index (χ0n) is 13.2. The number of aldehydes is 1. The molecule has 0 fully saturated rings. The Morgan fingerprint density at radius 3 is 2.35 bits per heavy atom. The standard InChI is InChI=1S/C19H17Cl2NO/c1-19(2,3)12-5-7-17-13(9-12)14(10-23)18(22-17)11-4-6-15(20)16(21)8-11/h4-10,22H,1-3H3. The molecule has 118 valence electrons. The molecule has 0 atom stereocenters. The molecule has 23 heavy (non-hydrogen) atoms. The fraction of sp³-hybridized carbons (Fsp3) is 0.211. The fourth-order valence-electron chi connectivity index (χ4n) is 2.68. The summed E-state index contributed by atoms with van der Waals surface area (Å²) in [6, 6.07) is 11.6. The van der Waals surface area contributed by atoms with Crippen LogP contribution < -0.4 is 0 Å². The summed E-state index contributed by atoms with van der Waals surface area (Å²) in [7, 11) is 0. The molecule has 1 aromatic heterocycles. The summed E-state index contributed by atoms with van der Waals surface area (Å²) in [4.78, 5) is 15.0. The van der Waals surface area contributed by atoms with Crippen molar-refractivity contribution in [3.8, 4) is 11.3 Å². The number of aromatic nitrogens is 1. The number of H-pyrrole nitrogens is 1. The van der Waals surface area contributed by atoms with Crippen LogP contribution in [0.2, 0.25) is 10.0 Å². The van der Waals surface area contributed by atoms with Crippen molar-refractivity contribution in [3.05, 3.63) is 57.6 Å². The van der Waals surface area contributed by atoms with Gasteiger partial charge in [-0.3, -0.25) is 4.79 Å². The van der Waals surface area contributed by atoms with E-state index in [1.165, 1.54) is 5.56 Å². The quantitative estimate of drug-likeness (QED) is 0.547. The van der Waals surface area contributed by atoms with E-state index < -0.39 is 0 Å². The maximum Gasteiger partial charge on any atom is 0.152 e. The van der Waals surface area contributed by atoms with Gasteiger partial charge in [-0.15, -0.1) is 0 Å². The zero-order valence-corrected chi connectivity index (χ0v) is 14.7. The molecule has 0 aliphatic rings. The van der Waals surface area contributed by atoms with Gasteiger partial charge in [-0.25, -0.2) is 0 Å². The van der Waals surface area contributed by atoms with Crippen LogP contribution in [0.5, 0.6) is 0 Å². The average molecular weight is 346 g/mol. The highest BCUT2D eigenvalue weighted by Crippen LogP contribution is 2.34. The van der Waals surface area contributed by atoms with Crippen molar-refractivity contribution in [3.63, 3.8) is 0 Å². The molecule has 0 unspecified atom stereocenters. The van der Waals surface area contributed by atoms with E-state index in [4.69, 9.17) is 23.2 Å². The summed E-state index contributed by atoms with van der Waals surface area (Å²) in [6.45, 7) is 6.46. The average Bonchev–Trinajstić information content (AvgIpc) is 2.86. The molecule has 3 aromatic rings. The van der Waals surface area contributed by atoms with Gasteiger partial charge in [0.15, 0.2) is 6.29 Å². The molecule has 0 aliphatic heterocycles. The first-order valence-electron chi connectivity index (χ1n) is 7.38. The Kier molecular flexibility index (Phi) is 3.99. The summed E-state index contributed by atoms with van der Waals surface area (Å²) in [6.07, 6.45) is 0.892. The third-order valence-electron chi connectivity index (χ3n) is 4.03. The number of hydrogen-bond acceptors (Lipinski definition) is 1. The molecule has 2 aromatic carbocycles. The van der Waals surface area contributed by atoms with E-state index in [2.05, 4.69) is 37.9 Å². The maximum atomic E-state index is 11.7. The number of carbonyl (C=O) groups excluding carboxylic acids is 1. The van der Waals surface area contributed by atoms with Gasteiger partial charge in [0.05, 0.1) is 15.7 Å². The third-order valence-corrected chi connectivity index (χ3v) is 4.77. The molecule has 1 heterocycles. The molecule has 1 N–H and O–H groups in total. The molecular formula is C19H17Cl2NO. The van der Waals surface area contributed by atoms with Gasteiger partial charge < -0.3 is 4.98 Å². The lowest BCUT2D eigenvalue weighted by Crippen LogP contribution is -2.10. The summed E-state index contributed by atoms with van der Waals surface area (Å²) >= 11 is 12.1. The van der Waals surface area contributed by atoms with Crippen molar-refractivity contribution in [1.29, 1.82) is 0 Å². The Morgan fingerprint density at radius 2 is 1.74 bits per heavy atom. The van der Waals surface area contributed by atoms with Gasteiger partial charge in [0, 0.05) is 22.0 Å². The summed E-state index contributed by atoms with van der Waals surface area (Å²) < 4.78 is 0. The number of hydrogen-bond donors (Lipinski definition) is 1. The van der Waals surface area contributed by atoms with Crippen LogP contribution in [0.1, 0.15) is 36.7 Å². The van der Waals surface area contributed by atoms with Crippen LogP contribution in [0.25, 0.3) is 22.2 Å². The first kappa shape index (κ1) is 16.1. The van der Waals surface area contributed by atoms with Gasteiger partial charge in [0.1, 0.15) is 0 Å². The molecule has 0 saturated carbocycles. The molecule has 0 saturated heterocycles. The Morgan fingerprint density at radius 1 is 1.00 bits per heavy atom. The second kappa shape index (κ2) is 5.70. The van der Waals surface area contributed by atoms with Crippen LogP contribution in [0.15, 0.2) is 36.4 Å². The SMILES string of the molecule is CC(C)(C)c1ccc2[nH]c(-c3ccc(Cl)c(Cl)c3)c(C=O)c2c1. The molecule has 4 heteroatoms. The number of halogens is 2. The first-order chi connectivity index (χ1) is 10.8. The number of benzene rings is 2. The number of fused-ring (bicyclic) bond motifs is 1. The lowest BCUT2D eigenvalue weighted by molar-refractivity contribution is 0.112. The molecule has 0 amide bonds. The van der Waals surface area contributed by atoms with E-state index in [9.17, 15) is 4.79 Å². The molecule has 0 bridgehead atoms. The highest BCUT2D eigenvalue weighted by molar-refractivity contribution is 6.42. The second-order valence-corrected chi connectivity index (χ2v) is 7.49. The van der Waals surface area contributed by atoms with E-state index in [0.29, 0.717) is 15.6 Å². The van der Waals surface area contributed by atoms with Crippen molar-refractivity contribution in [1.82, 2.24) is 4.98 Å². The summed E-state index contributed by atoms with van der Waals surface area (Å²) in [5.74, 6) is 0. The van der Waals surface area contributed by atoms with Gasteiger partial charge >= 0.3 is 0 Å². The zero-order chi connectivity index (χ0) is 16.8. The van der Waals surface area contributed by atoms with Gasteiger partial charge in [0.25, 0.3) is 0 Å². The van der Waals surface area contributed by atoms with Crippen molar-refractivity contribution in [2.45, 2.75) is 26.2 Å². The molecule has 0 radical (unpaired) electrons. The summed E-state index contributed by atoms with van der Waals surface area (Å²) in [5.41, 5.74) is 4.39. The van der Waals surface area contributed by atoms with Crippen LogP contribution in [-0.4, -0.2) is 11.3 Å². The largest absolute Gasteiger partial charge is 0.354 e. The van der Waals surface area contributed by atoms with E-state index >= 15 is 0 Å². The molecular weight excluding hydrogens is 329 g/mol.